The van der Waals surface area contributed by atoms with Crippen molar-refractivity contribution in [1.82, 2.24) is 30.4 Å². The number of rotatable bonds is 11. The van der Waals surface area contributed by atoms with Gasteiger partial charge in [0.15, 0.2) is 0 Å². The largest absolute Gasteiger partial charge is 0.488 e. The summed E-state index contributed by atoms with van der Waals surface area (Å²) in [6.07, 6.45) is 2.95. The molecule has 1 aliphatic carbocycles. The Morgan fingerprint density at radius 1 is 0.938 bits per heavy atom. The molecule has 4 N–H and O–H groups in total. The van der Waals surface area contributed by atoms with Crippen molar-refractivity contribution in [3.05, 3.63) is 102 Å². The fourth-order valence-electron chi connectivity index (χ4n) is 10.5. The number of aromatic nitrogens is 2. The first-order valence-electron chi connectivity index (χ1n) is 22.0. The van der Waals surface area contributed by atoms with E-state index in [0.717, 1.165) is 74.3 Å². The predicted octanol–water partition coefficient (Wildman–Crippen LogP) is 7.33. The van der Waals surface area contributed by atoms with Crippen LogP contribution in [0.3, 0.4) is 0 Å². The summed E-state index contributed by atoms with van der Waals surface area (Å²) in [5.41, 5.74) is 8.46. The number of fused-ring (bicyclic) bond motifs is 7. The lowest BCUT2D eigenvalue weighted by molar-refractivity contribution is -0.135. The highest BCUT2D eigenvalue weighted by atomic mass is 16.5. The minimum Gasteiger partial charge on any atom is -0.488 e. The number of likely N-dealkylation sites (tertiary alicyclic amines) is 2. The summed E-state index contributed by atoms with van der Waals surface area (Å²) >= 11 is 0. The molecule has 7 atom stereocenters. The van der Waals surface area contributed by atoms with Gasteiger partial charge in [-0.2, -0.15) is 0 Å². The molecule has 4 aliphatic heterocycles. The van der Waals surface area contributed by atoms with Gasteiger partial charge >= 0.3 is 12.2 Å². The Labute approximate surface area is 370 Å². The molecular formula is C49H51N7O8. The molecule has 2 saturated heterocycles. The third-order valence-electron chi connectivity index (χ3n) is 13.7. The van der Waals surface area contributed by atoms with E-state index in [2.05, 4.69) is 58.1 Å². The van der Waals surface area contributed by atoms with E-state index in [-0.39, 0.29) is 41.8 Å². The van der Waals surface area contributed by atoms with E-state index in [1.165, 1.54) is 7.11 Å². The lowest BCUT2D eigenvalue weighted by atomic mass is 9.90. The number of nitrogens with zero attached hydrogens (tertiary/aromatic N) is 4. The Morgan fingerprint density at radius 3 is 2.53 bits per heavy atom. The zero-order chi connectivity index (χ0) is 44.4. The van der Waals surface area contributed by atoms with Crippen LogP contribution < -0.4 is 15.4 Å². The molecule has 5 heterocycles. The van der Waals surface area contributed by atoms with Crippen LogP contribution in [0, 0.1) is 17.8 Å². The summed E-state index contributed by atoms with van der Waals surface area (Å²) in [5.74, 6) is 1.32. The molecule has 64 heavy (non-hydrogen) atoms. The summed E-state index contributed by atoms with van der Waals surface area (Å²) in [7, 11) is 2.93. The molecule has 15 nitrogen and oxygen atoms in total. The van der Waals surface area contributed by atoms with Crippen LogP contribution in [0.2, 0.25) is 0 Å². The van der Waals surface area contributed by atoms with E-state index in [4.69, 9.17) is 24.2 Å². The average Bonchev–Trinajstić information content (AvgIpc) is 3.76. The van der Waals surface area contributed by atoms with Gasteiger partial charge in [-0.3, -0.25) is 14.6 Å². The number of aliphatic imine (C=N–C) groups is 1. The SMILES string of the molecule is COC[C@H]1C[C@@H](c2ncc(-c3ccc4c(c3)COc3cc5c6c(ccc5cc3-4)N=C([C@@H]3C[C@H]4C[C@H]4N3C(=O)[C@@H](NC(=O)O)C(C)C)C6)[nH]2)N(C(=O)[C@H](NC(=O)OC)c2ccccc2)C1. The van der Waals surface area contributed by atoms with Crippen LogP contribution in [0.5, 0.6) is 5.75 Å². The third-order valence-corrected chi connectivity index (χ3v) is 13.7. The van der Waals surface area contributed by atoms with Crippen molar-refractivity contribution in [3.63, 3.8) is 0 Å². The van der Waals surface area contributed by atoms with Crippen LogP contribution in [-0.4, -0.2) is 100 Å². The molecule has 4 aromatic carbocycles. The van der Waals surface area contributed by atoms with Gasteiger partial charge in [0.25, 0.3) is 5.91 Å². The summed E-state index contributed by atoms with van der Waals surface area (Å²) in [4.78, 5) is 69.4. The molecule has 3 fully saturated rings. The zero-order valence-corrected chi connectivity index (χ0v) is 36.2. The Hall–Kier alpha value is -6.74. The number of carboxylic acid groups (broad SMARTS) is 1. The van der Waals surface area contributed by atoms with Crippen molar-refractivity contribution in [3.8, 4) is 28.1 Å². The molecule has 5 aliphatic rings. The van der Waals surface area contributed by atoms with E-state index < -0.39 is 24.3 Å². The lowest BCUT2D eigenvalue weighted by Crippen LogP contribution is -2.54. The minimum atomic E-state index is -1.20. The normalized spacial score (nSPS) is 22.5. The third kappa shape index (κ3) is 7.40. The van der Waals surface area contributed by atoms with Crippen molar-refractivity contribution in [1.29, 1.82) is 0 Å². The number of aromatic amines is 1. The Balaban J connectivity index is 0.886. The summed E-state index contributed by atoms with van der Waals surface area (Å²) < 4.78 is 16.9. The second-order valence-corrected chi connectivity index (χ2v) is 18.0. The average molecular weight is 866 g/mol. The van der Waals surface area contributed by atoms with Crippen LogP contribution in [0.25, 0.3) is 33.2 Å². The molecule has 0 bridgehead atoms. The number of imidazole rings is 1. The second-order valence-electron chi connectivity index (χ2n) is 18.0. The second kappa shape index (κ2) is 16.4. The summed E-state index contributed by atoms with van der Waals surface area (Å²) in [6, 6.07) is 21.7. The zero-order valence-electron chi connectivity index (χ0n) is 36.2. The number of hydrogen-bond acceptors (Lipinski definition) is 9. The minimum absolute atomic E-state index is 0.0702. The van der Waals surface area contributed by atoms with Crippen molar-refractivity contribution < 1.29 is 38.5 Å². The topological polar surface area (TPSA) is 188 Å². The highest BCUT2D eigenvalue weighted by Gasteiger charge is 2.56. The van der Waals surface area contributed by atoms with Crippen LogP contribution >= 0.6 is 0 Å². The van der Waals surface area contributed by atoms with E-state index >= 15 is 0 Å². The van der Waals surface area contributed by atoms with Gasteiger partial charge in [-0.15, -0.1) is 0 Å². The molecule has 4 amide bonds. The van der Waals surface area contributed by atoms with Crippen molar-refractivity contribution in [2.75, 3.05) is 27.4 Å². The van der Waals surface area contributed by atoms with Crippen molar-refractivity contribution >= 4 is 46.2 Å². The molecule has 0 radical (unpaired) electrons. The Kier molecular flexibility index (Phi) is 10.6. The summed E-state index contributed by atoms with van der Waals surface area (Å²) in [6.45, 7) is 5.02. The van der Waals surface area contributed by atoms with Gasteiger partial charge in [-0.25, -0.2) is 14.6 Å². The van der Waals surface area contributed by atoms with Crippen LogP contribution in [0.1, 0.15) is 67.7 Å². The number of nitrogens with one attached hydrogen (secondary N) is 3. The number of hydrogen-bond donors (Lipinski definition) is 4. The number of H-pyrrole nitrogens is 1. The van der Waals surface area contributed by atoms with Gasteiger partial charge in [0.05, 0.1) is 43.4 Å². The lowest BCUT2D eigenvalue weighted by Gasteiger charge is -2.32. The molecule has 330 valence electrons. The number of piperidine rings is 1. The number of carbonyl (C=O) groups is 4. The van der Waals surface area contributed by atoms with Crippen molar-refractivity contribution in [2.45, 2.75) is 76.3 Å². The van der Waals surface area contributed by atoms with Crippen LogP contribution in [-0.2, 0) is 32.1 Å². The Morgan fingerprint density at radius 2 is 1.77 bits per heavy atom. The molecule has 0 spiro atoms. The van der Waals surface area contributed by atoms with E-state index in [1.807, 2.05) is 49.1 Å². The highest BCUT2D eigenvalue weighted by Crippen LogP contribution is 2.51. The fourth-order valence-corrected chi connectivity index (χ4v) is 10.5. The van der Waals surface area contributed by atoms with Gasteiger partial charge in [0, 0.05) is 43.3 Å². The van der Waals surface area contributed by atoms with Gasteiger partial charge < -0.3 is 44.7 Å². The maximum Gasteiger partial charge on any atom is 0.407 e. The number of benzene rings is 4. The summed E-state index contributed by atoms with van der Waals surface area (Å²) in [5, 5.41) is 16.8. The molecule has 1 saturated carbocycles. The van der Waals surface area contributed by atoms with E-state index in [9.17, 15) is 24.3 Å². The van der Waals surface area contributed by atoms with Crippen LogP contribution in [0.4, 0.5) is 15.3 Å². The molecular weight excluding hydrogens is 815 g/mol. The molecule has 0 unspecified atom stereocenters. The highest BCUT2D eigenvalue weighted by molar-refractivity contribution is 6.07. The standard InChI is InChI=1S/C49H51N7O8/c1-25(2)43(53-48(59)60)47(58)56-39-17-30(39)18-40(56)37-19-34-33-20-42-35(16-28(33)11-13-36(34)51-37)32-12-10-29(15-31(32)24-64-42)38-21-50-45(52-38)41-14-26(23-62-3)22-55(41)46(57)44(54-49(61)63-4)27-8-6-5-7-9-27/h5-13,15-16,20-21,25-26,30,39-41,43-44,53H,14,17-19,22-24H2,1-4H3,(H,50,52)(H,54,61)(H,59,60)/t26-,30+,39+,40-,41-,43-,44+/m0/s1. The van der Waals surface area contributed by atoms with Crippen molar-refractivity contribution in [2.24, 2.45) is 22.7 Å². The van der Waals surface area contributed by atoms with Gasteiger partial charge in [-0.1, -0.05) is 62.4 Å². The molecule has 15 heteroatoms. The number of ether oxygens (including phenoxy) is 3. The number of methoxy groups -OCH3 is 2. The maximum absolute atomic E-state index is 14.3. The first-order chi connectivity index (χ1) is 31.0. The predicted molar refractivity (Wildman–Crippen MR) is 238 cm³/mol. The number of amides is 4. The van der Waals surface area contributed by atoms with E-state index in [0.29, 0.717) is 49.9 Å². The van der Waals surface area contributed by atoms with Gasteiger partial charge in [-0.05, 0) is 94.0 Å². The first kappa shape index (κ1) is 41.3. The molecule has 10 rings (SSSR count). The van der Waals surface area contributed by atoms with Crippen LogP contribution in [0.15, 0.2) is 84.0 Å². The maximum atomic E-state index is 14.3. The van der Waals surface area contributed by atoms with Gasteiger partial charge in [0.2, 0.25) is 5.91 Å². The molecule has 5 aromatic rings. The van der Waals surface area contributed by atoms with Gasteiger partial charge in [0.1, 0.15) is 30.3 Å². The number of alkyl carbamates (subject to hydrolysis) is 1. The number of carbonyl (C=O) groups excluding carboxylic acids is 3. The quantitative estimate of drug-likeness (QED) is 0.105. The van der Waals surface area contributed by atoms with E-state index in [1.54, 1.807) is 18.2 Å². The monoisotopic (exact) mass is 865 g/mol. The Bertz CT molecular complexity index is 2720. The smallest absolute Gasteiger partial charge is 0.407 e. The molecule has 1 aromatic heterocycles. The first-order valence-corrected chi connectivity index (χ1v) is 22.0. The fraction of sp³-hybridized carbons (Fsp3) is 0.388.